The summed E-state index contributed by atoms with van der Waals surface area (Å²) in [6.07, 6.45) is 1.91. The lowest BCUT2D eigenvalue weighted by Gasteiger charge is -2.11. The summed E-state index contributed by atoms with van der Waals surface area (Å²) in [5.74, 6) is 1.28. The quantitative estimate of drug-likeness (QED) is 0.413. The van der Waals surface area contributed by atoms with E-state index in [1.807, 2.05) is 47.2 Å². The van der Waals surface area contributed by atoms with Crippen molar-refractivity contribution in [3.05, 3.63) is 93.8 Å². The maximum absolute atomic E-state index is 13.1. The molecule has 0 atom stereocenters. The molecule has 0 saturated carbocycles. The van der Waals surface area contributed by atoms with Gasteiger partial charge >= 0.3 is 5.69 Å². The Labute approximate surface area is 193 Å². The number of ether oxygens (including phenoxy) is 1. The lowest BCUT2D eigenvalue weighted by atomic mass is 10.1. The van der Waals surface area contributed by atoms with E-state index >= 15 is 0 Å². The average Bonchev–Trinajstić information content (AvgIpc) is 3.42. The number of imidazole rings is 2. The van der Waals surface area contributed by atoms with Gasteiger partial charge in [0.1, 0.15) is 5.75 Å². The van der Waals surface area contributed by atoms with E-state index in [2.05, 4.69) is 30.3 Å². The summed E-state index contributed by atoms with van der Waals surface area (Å²) in [5, 5.41) is 2.26. The molecule has 0 N–H and O–H groups in total. The lowest BCUT2D eigenvalue weighted by Crippen LogP contribution is -2.37. The van der Waals surface area contributed by atoms with Gasteiger partial charge in [0.15, 0.2) is 11.2 Å². The van der Waals surface area contributed by atoms with Gasteiger partial charge in [0.2, 0.25) is 5.78 Å². The van der Waals surface area contributed by atoms with E-state index in [9.17, 15) is 9.59 Å². The first-order chi connectivity index (χ1) is 16.5. The highest BCUT2D eigenvalue weighted by molar-refractivity contribution is 5.88. The summed E-state index contributed by atoms with van der Waals surface area (Å²) in [5.41, 5.74) is 2.61. The van der Waals surface area contributed by atoms with E-state index < -0.39 is 5.69 Å². The number of fused-ring (bicyclic) bond motifs is 4. The number of hydrogen-bond donors (Lipinski definition) is 0. The summed E-state index contributed by atoms with van der Waals surface area (Å²) in [6.45, 7) is 0. The zero-order valence-corrected chi connectivity index (χ0v) is 18.9. The minimum absolute atomic E-state index is 0.343. The van der Waals surface area contributed by atoms with E-state index in [4.69, 9.17) is 9.72 Å². The fraction of sp³-hybridized carbons (Fsp3) is 0.115. The van der Waals surface area contributed by atoms with Gasteiger partial charge in [-0.25, -0.2) is 4.79 Å². The smallest absolute Gasteiger partial charge is 0.332 e. The predicted octanol–water partition coefficient (Wildman–Crippen LogP) is 3.50. The Balaban J connectivity index is 1.74. The molecule has 0 spiro atoms. The molecular weight excluding hydrogens is 430 g/mol. The van der Waals surface area contributed by atoms with Crippen molar-refractivity contribution in [3.63, 3.8) is 0 Å². The van der Waals surface area contributed by atoms with Crippen molar-refractivity contribution >= 4 is 27.7 Å². The van der Waals surface area contributed by atoms with E-state index in [1.54, 1.807) is 18.6 Å². The van der Waals surface area contributed by atoms with Gasteiger partial charge in [0, 0.05) is 31.5 Å². The van der Waals surface area contributed by atoms with Crippen LogP contribution < -0.4 is 16.0 Å². The maximum atomic E-state index is 13.1. The molecule has 0 aliphatic rings. The first-order valence-corrected chi connectivity index (χ1v) is 10.8. The number of aromatic nitrogens is 5. The van der Waals surface area contributed by atoms with Gasteiger partial charge in [-0.05, 0) is 41.1 Å². The first-order valence-electron chi connectivity index (χ1n) is 10.8. The zero-order valence-electron chi connectivity index (χ0n) is 18.9. The highest BCUT2D eigenvalue weighted by Gasteiger charge is 2.22. The van der Waals surface area contributed by atoms with Crippen LogP contribution in [0.15, 0.2) is 82.5 Å². The summed E-state index contributed by atoms with van der Waals surface area (Å²) < 4.78 is 11.6. The first kappa shape index (κ1) is 20.0. The third-order valence-corrected chi connectivity index (χ3v) is 6.34. The number of nitrogens with zero attached hydrogens (tertiary/aromatic N) is 5. The van der Waals surface area contributed by atoms with Gasteiger partial charge in [-0.2, -0.15) is 4.98 Å². The van der Waals surface area contributed by atoms with Gasteiger partial charge in [0.05, 0.1) is 12.8 Å². The molecule has 6 rings (SSSR count). The summed E-state index contributed by atoms with van der Waals surface area (Å²) >= 11 is 0. The SMILES string of the molecule is COc1ccc(-n2c(-c3ccc4ccccc4c3)cn3c4c(=O)n(C)c(=O)n(C)c4nc23)cc1. The highest BCUT2D eigenvalue weighted by atomic mass is 16.5. The van der Waals surface area contributed by atoms with Crippen molar-refractivity contribution in [3.8, 4) is 22.7 Å². The van der Waals surface area contributed by atoms with Crippen LogP contribution in [0.4, 0.5) is 0 Å². The number of aryl methyl sites for hydroxylation is 1. The molecule has 0 saturated heterocycles. The number of rotatable bonds is 3. The Morgan fingerprint density at radius 3 is 2.32 bits per heavy atom. The molecule has 3 aromatic heterocycles. The topological polar surface area (TPSA) is 75.5 Å². The van der Waals surface area contributed by atoms with E-state index in [0.29, 0.717) is 16.9 Å². The average molecular weight is 451 g/mol. The molecule has 0 unspecified atom stereocenters. The Morgan fingerprint density at radius 2 is 1.59 bits per heavy atom. The van der Waals surface area contributed by atoms with Crippen molar-refractivity contribution in [2.75, 3.05) is 7.11 Å². The molecule has 8 heteroatoms. The van der Waals surface area contributed by atoms with Crippen molar-refractivity contribution in [2.45, 2.75) is 0 Å². The number of methoxy groups -OCH3 is 1. The Morgan fingerprint density at radius 1 is 0.853 bits per heavy atom. The Kier molecular flexibility index (Phi) is 4.25. The number of hydrogen-bond acceptors (Lipinski definition) is 4. The monoisotopic (exact) mass is 451 g/mol. The molecule has 0 aliphatic carbocycles. The molecule has 34 heavy (non-hydrogen) atoms. The normalized spacial score (nSPS) is 11.6. The molecule has 168 valence electrons. The summed E-state index contributed by atoms with van der Waals surface area (Å²) in [7, 11) is 4.73. The molecule has 3 aromatic carbocycles. The fourth-order valence-electron chi connectivity index (χ4n) is 4.51. The van der Waals surface area contributed by atoms with Gasteiger partial charge < -0.3 is 4.74 Å². The Hall–Kier alpha value is -4.59. The molecule has 0 fully saturated rings. The van der Waals surface area contributed by atoms with Crippen LogP contribution in [0.1, 0.15) is 0 Å². The fourth-order valence-corrected chi connectivity index (χ4v) is 4.51. The molecule has 3 heterocycles. The Bertz CT molecular complexity index is 1850. The van der Waals surface area contributed by atoms with Gasteiger partial charge in [-0.3, -0.25) is 22.9 Å². The van der Waals surface area contributed by atoms with Crippen molar-refractivity contribution < 1.29 is 4.74 Å². The van der Waals surface area contributed by atoms with Crippen LogP contribution >= 0.6 is 0 Å². The second-order valence-corrected chi connectivity index (χ2v) is 8.27. The van der Waals surface area contributed by atoms with E-state index in [0.717, 1.165) is 38.0 Å². The van der Waals surface area contributed by atoms with Crippen LogP contribution in [0, 0.1) is 0 Å². The van der Waals surface area contributed by atoms with Crippen molar-refractivity contribution in [2.24, 2.45) is 14.1 Å². The minimum atomic E-state index is -0.413. The van der Waals surface area contributed by atoms with Crippen LogP contribution in [-0.4, -0.2) is 30.2 Å². The largest absolute Gasteiger partial charge is 0.497 e. The minimum Gasteiger partial charge on any atom is -0.497 e. The van der Waals surface area contributed by atoms with Crippen LogP contribution in [0.2, 0.25) is 0 Å². The third-order valence-electron chi connectivity index (χ3n) is 6.34. The van der Waals surface area contributed by atoms with Gasteiger partial charge in [-0.15, -0.1) is 0 Å². The molecule has 0 aliphatic heterocycles. The molecule has 8 nitrogen and oxygen atoms in total. The molecule has 0 bridgehead atoms. The van der Waals surface area contributed by atoms with Crippen LogP contribution in [0.25, 0.3) is 44.7 Å². The van der Waals surface area contributed by atoms with E-state index in [-0.39, 0.29) is 5.56 Å². The molecule has 6 aromatic rings. The second kappa shape index (κ2) is 7.21. The standard InChI is InChI=1S/C26H21N5O3/c1-28-23-22(24(32)29(2)26(28)33)30-15-21(18-9-8-16-6-4-5-7-17(16)14-18)31(25(30)27-23)19-10-12-20(34-3)13-11-19/h4-15H,1-3H3. The zero-order chi connectivity index (χ0) is 23.6. The molecule has 0 radical (unpaired) electrons. The summed E-state index contributed by atoms with van der Waals surface area (Å²) in [6, 6.07) is 22.1. The van der Waals surface area contributed by atoms with Gasteiger partial charge in [0.25, 0.3) is 5.56 Å². The third kappa shape index (κ3) is 2.75. The van der Waals surface area contributed by atoms with Crippen LogP contribution in [-0.2, 0) is 14.1 Å². The lowest BCUT2D eigenvalue weighted by molar-refractivity contribution is 0.415. The van der Waals surface area contributed by atoms with E-state index in [1.165, 1.54) is 11.6 Å². The van der Waals surface area contributed by atoms with Gasteiger partial charge in [-0.1, -0.05) is 36.4 Å². The maximum Gasteiger partial charge on any atom is 0.332 e. The van der Waals surface area contributed by atoms with Crippen LogP contribution in [0.3, 0.4) is 0 Å². The second-order valence-electron chi connectivity index (χ2n) is 8.27. The highest BCUT2D eigenvalue weighted by Crippen LogP contribution is 2.31. The summed E-state index contributed by atoms with van der Waals surface area (Å²) in [4.78, 5) is 30.3. The van der Waals surface area contributed by atoms with Crippen molar-refractivity contribution in [1.82, 2.24) is 23.1 Å². The predicted molar refractivity (Wildman–Crippen MR) is 132 cm³/mol. The molecular formula is C26H21N5O3. The van der Waals surface area contributed by atoms with Crippen molar-refractivity contribution in [1.29, 1.82) is 0 Å². The molecule has 0 amide bonds. The van der Waals surface area contributed by atoms with Crippen LogP contribution in [0.5, 0.6) is 5.75 Å². The number of benzene rings is 3.